The quantitative estimate of drug-likeness (QED) is 0.343. The third kappa shape index (κ3) is 0.419. The molecule has 2 fully saturated rings. The highest BCUT2D eigenvalue weighted by Crippen LogP contribution is 2.37. The number of hydrogen-bond acceptors (Lipinski definition) is 2. The molecule has 2 saturated heterocycles. The summed E-state index contributed by atoms with van der Waals surface area (Å²) in [5.74, 6) is 0. The standard InChI is InChI=1S/C4H7ClN2/c5-7-4-2-1-3-6(4)7/h4H,1-3H2. The van der Waals surface area contributed by atoms with Crippen molar-refractivity contribution in [3.63, 3.8) is 0 Å². The zero-order valence-electron chi connectivity index (χ0n) is 3.97. The van der Waals surface area contributed by atoms with Gasteiger partial charge in [-0.25, -0.2) is 5.01 Å². The van der Waals surface area contributed by atoms with Gasteiger partial charge in [0.2, 0.25) is 0 Å². The second-order valence-electron chi connectivity index (χ2n) is 2.07. The zero-order valence-corrected chi connectivity index (χ0v) is 4.73. The molecule has 40 valence electrons. The van der Waals surface area contributed by atoms with Gasteiger partial charge in [0, 0.05) is 6.54 Å². The minimum atomic E-state index is 0.613. The molecule has 0 amide bonds. The lowest BCUT2D eigenvalue weighted by molar-refractivity contribution is 0.432. The van der Waals surface area contributed by atoms with E-state index in [2.05, 4.69) is 5.01 Å². The number of rotatable bonds is 0. The Bertz CT molecular complexity index is 85.7. The second-order valence-corrected chi connectivity index (χ2v) is 2.42. The number of hydrogen-bond donors (Lipinski definition) is 0. The number of hydrazine groups is 1. The van der Waals surface area contributed by atoms with Gasteiger partial charge in [0.25, 0.3) is 0 Å². The van der Waals surface area contributed by atoms with E-state index in [-0.39, 0.29) is 0 Å². The number of fused-ring (bicyclic) bond motifs is 1. The van der Waals surface area contributed by atoms with Gasteiger partial charge in [-0.05, 0) is 24.6 Å². The Kier molecular flexibility index (Phi) is 0.666. The van der Waals surface area contributed by atoms with E-state index in [1.165, 1.54) is 19.4 Å². The smallest absolute Gasteiger partial charge is 0.107 e. The Labute approximate surface area is 47.7 Å². The normalized spacial score (nSPS) is 57.0. The van der Waals surface area contributed by atoms with Crippen molar-refractivity contribution in [1.82, 2.24) is 9.54 Å². The summed E-state index contributed by atoms with van der Waals surface area (Å²) < 4.78 is 1.78. The van der Waals surface area contributed by atoms with Gasteiger partial charge in [0.05, 0.1) is 0 Å². The van der Waals surface area contributed by atoms with Gasteiger partial charge in [0.15, 0.2) is 0 Å². The molecule has 0 spiro atoms. The van der Waals surface area contributed by atoms with Crippen molar-refractivity contribution < 1.29 is 0 Å². The predicted octanol–water partition coefficient (Wildman–Crippen LogP) is 0.793. The fraction of sp³-hybridized carbons (Fsp3) is 1.00. The lowest BCUT2D eigenvalue weighted by Crippen LogP contribution is -1.97. The van der Waals surface area contributed by atoms with E-state index < -0.39 is 0 Å². The molecule has 0 aromatic carbocycles. The molecule has 2 rings (SSSR count). The van der Waals surface area contributed by atoms with Gasteiger partial charge >= 0.3 is 0 Å². The second kappa shape index (κ2) is 1.13. The zero-order chi connectivity index (χ0) is 4.85. The van der Waals surface area contributed by atoms with Crippen LogP contribution in [-0.4, -0.2) is 22.2 Å². The van der Waals surface area contributed by atoms with Gasteiger partial charge in [-0.15, -0.1) is 4.53 Å². The summed E-state index contributed by atoms with van der Waals surface area (Å²) in [5.41, 5.74) is 0. The first-order chi connectivity index (χ1) is 3.39. The molecule has 3 unspecified atom stereocenters. The molecular formula is C4H7ClN2. The Balaban J connectivity index is 2.06. The van der Waals surface area contributed by atoms with Crippen LogP contribution in [0.3, 0.4) is 0 Å². The van der Waals surface area contributed by atoms with Crippen LogP contribution in [0, 0.1) is 0 Å². The van der Waals surface area contributed by atoms with Crippen LogP contribution in [0.2, 0.25) is 0 Å². The topological polar surface area (TPSA) is 6.02 Å². The van der Waals surface area contributed by atoms with E-state index in [1.807, 2.05) is 0 Å². The third-order valence-electron chi connectivity index (χ3n) is 1.63. The first kappa shape index (κ1) is 4.13. The predicted molar refractivity (Wildman–Crippen MR) is 27.4 cm³/mol. The van der Waals surface area contributed by atoms with Crippen molar-refractivity contribution >= 4 is 11.8 Å². The van der Waals surface area contributed by atoms with Crippen molar-refractivity contribution in [1.29, 1.82) is 0 Å². The molecule has 3 heteroatoms. The van der Waals surface area contributed by atoms with Gasteiger partial charge in [-0.3, -0.25) is 0 Å². The summed E-state index contributed by atoms with van der Waals surface area (Å²) in [7, 11) is 0. The van der Waals surface area contributed by atoms with Gasteiger partial charge in [0.1, 0.15) is 6.17 Å². The number of halogens is 1. The molecule has 3 atom stereocenters. The van der Waals surface area contributed by atoms with Crippen molar-refractivity contribution in [2.75, 3.05) is 6.54 Å². The largest absolute Gasteiger partial charge is 0.206 e. The molecule has 2 aliphatic rings. The summed E-state index contributed by atoms with van der Waals surface area (Å²) in [5, 5.41) is 2.17. The highest BCUT2D eigenvalue weighted by Gasteiger charge is 2.47. The Hall–Kier alpha value is 0.210. The first-order valence-electron chi connectivity index (χ1n) is 2.61. The Morgan fingerprint density at radius 1 is 1.57 bits per heavy atom. The van der Waals surface area contributed by atoms with E-state index in [9.17, 15) is 0 Å². The van der Waals surface area contributed by atoms with E-state index >= 15 is 0 Å². The summed E-state index contributed by atoms with van der Waals surface area (Å²) in [4.78, 5) is 0. The van der Waals surface area contributed by atoms with Crippen molar-refractivity contribution in [3.05, 3.63) is 0 Å². The molecule has 7 heavy (non-hydrogen) atoms. The molecule has 2 heterocycles. The highest BCUT2D eigenvalue weighted by atomic mass is 35.5. The van der Waals surface area contributed by atoms with E-state index in [0.717, 1.165) is 0 Å². The van der Waals surface area contributed by atoms with Gasteiger partial charge in [-0.1, -0.05) is 0 Å². The average Bonchev–Trinajstić information content (AvgIpc) is 2.26. The molecule has 0 radical (unpaired) electrons. The summed E-state index contributed by atoms with van der Waals surface area (Å²) in [6, 6.07) is 0. The SMILES string of the molecule is ClN1C2CCCN21. The molecule has 0 aromatic heterocycles. The van der Waals surface area contributed by atoms with Crippen LogP contribution in [0.4, 0.5) is 0 Å². The molecule has 0 aliphatic carbocycles. The molecule has 2 aliphatic heterocycles. The number of nitrogens with zero attached hydrogens (tertiary/aromatic N) is 2. The maximum Gasteiger partial charge on any atom is 0.107 e. The van der Waals surface area contributed by atoms with Crippen molar-refractivity contribution in [3.8, 4) is 0 Å². The molecule has 0 N–H and O–H groups in total. The minimum Gasteiger partial charge on any atom is -0.206 e. The van der Waals surface area contributed by atoms with Crippen LogP contribution in [0.25, 0.3) is 0 Å². The summed E-state index contributed by atoms with van der Waals surface area (Å²) in [6.45, 7) is 1.17. The van der Waals surface area contributed by atoms with Crippen LogP contribution in [0.1, 0.15) is 12.8 Å². The molecule has 0 bridgehead atoms. The van der Waals surface area contributed by atoms with Gasteiger partial charge in [-0.2, -0.15) is 0 Å². The van der Waals surface area contributed by atoms with E-state index in [1.54, 1.807) is 4.53 Å². The Morgan fingerprint density at radius 3 is 2.71 bits per heavy atom. The maximum absolute atomic E-state index is 5.61. The first-order valence-corrected chi connectivity index (χ1v) is 2.95. The Morgan fingerprint density at radius 2 is 2.43 bits per heavy atom. The third-order valence-corrected chi connectivity index (χ3v) is 2.05. The van der Waals surface area contributed by atoms with E-state index in [4.69, 9.17) is 11.8 Å². The monoisotopic (exact) mass is 118 g/mol. The fourth-order valence-electron chi connectivity index (χ4n) is 1.16. The van der Waals surface area contributed by atoms with Crippen LogP contribution in [0.15, 0.2) is 0 Å². The van der Waals surface area contributed by atoms with Crippen LogP contribution < -0.4 is 0 Å². The van der Waals surface area contributed by atoms with Crippen molar-refractivity contribution in [2.45, 2.75) is 19.0 Å². The van der Waals surface area contributed by atoms with Crippen molar-refractivity contribution in [2.24, 2.45) is 0 Å². The fourth-order valence-corrected chi connectivity index (χ4v) is 1.49. The molecular weight excluding hydrogens is 112 g/mol. The van der Waals surface area contributed by atoms with Crippen LogP contribution in [-0.2, 0) is 0 Å². The average molecular weight is 119 g/mol. The summed E-state index contributed by atoms with van der Waals surface area (Å²) >= 11 is 5.61. The van der Waals surface area contributed by atoms with E-state index in [0.29, 0.717) is 6.17 Å². The molecule has 0 aromatic rings. The van der Waals surface area contributed by atoms with Crippen LogP contribution >= 0.6 is 11.8 Å². The maximum atomic E-state index is 5.61. The van der Waals surface area contributed by atoms with Gasteiger partial charge < -0.3 is 0 Å². The molecule has 0 saturated carbocycles. The molecule has 2 nitrogen and oxygen atoms in total. The summed E-state index contributed by atoms with van der Waals surface area (Å²) in [6.07, 6.45) is 3.21. The highest BCUT2D eigenvalue weighted by molar-refractivity contribution is 6.14. The minimum absolute atomic E-state index is 0.613. The van der Waals surface area contributed by atoms with Crippen LogP contribution in [0.5, 0.6) is 0 Å². The lowest BCUT2D eigenvalue weighted by atomic mass is 10.3. The lowest BCUT2D eigenvalue weighted by Gasteiger charge is -1.91.